The minimum Gasteiger partial charge on any atom is -0.342 e. The van der Waals surface area contributed by atoms with E-state index in [9.17, 15) is 4.79 Å². The van der Waals surface area contributed by atoms with Crippen molar-refractivity contribution in [2.24, 2.45) is 15.9 Å². The zero-order chi connectivity index (χ0) is 34.2. The summed E-state index contributed by atoms with van der Waals surface area (Å²) in [4.78, 5) is 33.8. The molecule has 1 amide bonds. The van der Waals surface area contributed by atoms with Crippen LogP contribution in [0.15, 0.2) is 101 Å². The first-order valence-electron chi connectivity index (χ1n) is 16.7. The molecule has 10 nitrogen and oxygen atoms in total. The molecule has 3 aromatic rings. The first kappa shape index (κ1) is 34.5. The normalized spacial score (nSPS) is 17.8. The molecule has 48 heavy (non-hydrogen) atoms. The van der Waals surface area contributed by atoms with Crippen LogP contribution in [0.25, 0.3) is 22.0 Å². The number of pyridine rings is 1. The summed E-state index contributed by atoms with van der Waals surface area (Å²) in [6.45, 7) is 11.4. The number of amides is 1. The van der Waals surface area contributed by atoms with Crippen LogP contribution >= 0.6 is 0 Å². The zero-order valence-corrected chi connectivity index (χ0v) is 29.1. The number of likely N-dealkylation sites (N-methyl/N-ethyl adjacent to an activating group) is 1. The third kappa shape index (κ3) is 8.18. The summed E-state index contributed by atoms with van der Waals surface area (Å²) in [5.41, 5.74) is 4.78. The predicted octanol–water partition coefficient (Wildman–Crippen LogP) is 5.44. The molecule has 2 aliphatic rings. The number of likely N-dealkylation sites (tertiary alicyclic amines) is 1. The summed E-state index contributed by atoms with van der Waals surface area (Å²) in [6.07, 6.45) is 9.28. The Balaban J connectivity index is 1.45. The van der Waals surface area contributed by atoms with E-state index in [-0.39, 0.29) is 11.8 Å². The van der Waals surface area contributed by atoms with Crippen molar-refractivity contribution in [1.29, 1.82) is 0 Å². The lowest BCUT2D eigenvalue weighted by atomic mass is 9.99. The maximum Gasteiger partial charge on any atom is 0.248 e. The zero-order valence-electron chi connectivity index (χ0n) is 29.1. The SMILES string of the molecule is C=C/C(=C1/NC(N2CCC(NC)CC2)=NC(=NCc2ccccc2-c2nccc3cc(NC(=O)/C=C/CN(C)C)ccc23)N1C)C(C)C. The van der Waals surface area contributed by atoms with Gasteiger partial charge in [0.25, 0.3) is 0 Å². The average Bonchev–Trinajstić information content (AvgIpc) is 3.08. The standard InChI is InChI=1S/C38H49N9O/c1-8-31(26(2)3)36-43-38(47-22-18-29(39-4)19-23-47)44-37(46(36)7)41-25-28-12-9-10-13-32(28)35-33-16-15-30(24-27(33)17-20-40-35)42-34(48)14-11-21-45(5)6/h8-17,20,24,26,29,39H,1,18-19,21-23,25H2,2-7H3,(H,42,48)(H,41,43,44)/b14-11+,36-31+. The number of fused-ring (bicyclic) bond motifs is 1. The Morgan fingerprint density at radius 2 is 1.94 bits per heavy atom. The number of benzene rings is 2. The van der Waals surface area contributed by atoms with Crippen LogP contribution in [-0.4, -0.2) is 91.4 Å². The van der Waals surface area contributed by atoms with Gasteiger partial charge in [0.2, 0.25) is 17.8 Å². The molecule has 2 aromatic carbocycles. The van der Waals surface area contributed by atoms with Crippen LogP contribution in [0.4, 0.5) is 5.69 Å². The molecule has 3 N–H and O–H groups in total. The molecule has 0 aliphatic carbocycles. The Hall–Kier alpha value is -4.80. The molecule has 3 heterocycles. The first-order valence-corrected chi connectivity index (χ1v) is 16.7. The number of nitrogens with zero attached hydrogens (tertiary/aromatic N) is 6. The van der Waals surface area contributed by atoms with E-state index >= 15 is 0 Å². The molecule has 0 saturated carbocycles. The lowest BCUT2D eigenvalue weighted by Gasteiger charge is -2.38. The molecule has 1 aromatic heterocycles. The van der Waals surface area contributed by atoms with Crippen molar-refractivity contribution < 1.29 is 4.79 Å². The van der Waals surface area contributed by atoms with Gasteiger partial charge in [-0.1, -0.05) is 62.9 Å². The third-order valence-corrected chi connectivity index (χ3v) is 8.82. The van der Waals surface area contributed by atoms with Gasteiger partial charge in [-0.25, -0.2) is 4.99 Å². The Morgan fingerprint density at radius 1 is 1.17 bits per heavy atom. The van der Waals surface area contributed by atoms with E-state index < -0.39 is 0 Å². The van der Waals surface area contributed by atoms with Crippen LogP contribution in [0.1, 0.15) is 32.3 Å². The van der Waals surface area contributed by atoms with E-state index in [2.05, 4.69) is 53.4 Å². The monoisotopic (exact) mass is 647 g/mol. The quantitative estimate of drug-likeness (QED) is 0.252. The van der Waals surface area contributed by atoms with Crippen molar-refractivity contribution in [1.82, 2.24) is 30.3 Å². The summed E-state index contributed by atoms with van der Waals surface area (Å²) in [5.74, 6) is 2.55. The van der Waals surface area contributed by atoms with E-state index in [1.807, 2.05) is 92.7 Å². The number of hydrogen-bond donors (Lipinski definition) is 3. The van der Waals surface area contributed by atoms with Crippen molar-refractivity contribution in [3.05, 3.63) is 96.5 Å². The second-order valence-electron chi connectivity index (χ2n) is 12.9. The summed E-state index contributed by atoms with van der Waals surface area (Å²) in [5, 5.41) is 12.0. The summed E-state index contributed by atoms with van der Waals surface area (Å²) >= 11 is 0. The van der Waals surface area contributed by atoms with Gasteiger partial charge in [-0.15, -0.1) is 0 Å². The van der Waals surface area contributed by atoms with Crippen LogP contribution in [0.3, 0.4) is 0 Å². The topological polar surface area (TPSA) is 100 Å². The Morgan fingerprint density at radius 3 is 2.65 bits per heavy atom. The Bertz CT molecular complexity index is 1750. The summed E-state index contributed by atoms with van der Waals surface area (Å²) < 4.78 is 0. The lowest BCUT2D eigenvalue weighted by Crippen LogP contribution is -2.53. The van der Waals surface area contributed by atoms with E-state index in [0.29, 0.717) is 25.1 Å². The number of aliphatic imine (C=N–C) groups is 2. The number of piperidine rings is 1. The van der Waals surface area contributed by atoms with Crippen LogP contribution in [-0.2, 0) is 11.3 Å². The van der Waals surface area contributed by atoms with Gasteiger partial charge < -0.3 is 25.8 Å². The molecule has 1 saturated heterocycles. The van der Waals surface area contributed by atoms with Crippen LogP contribution < -0.4 is 16.0 Å². The molecule has 0 radical (unpaired) electrons. The van der Waals surface area contributed by atoms with Gasteiger partial charge in [0, 0.05) is 61.6 Å². The van der Waals surface area contributed by atoms with Gasteiger partial charge in [0.05, 0.1) is 12.2 Å². The maximum atomic E-state index is 12.5. The minimum absolute atomic E-state index is 0.155. The van der Waals surface area contributed by atoms with Gasteiger partial charge >= 0.3 is 0 Å². The third-order valence-electron chi connectivity index (χ3n) is 8.82. The summed E-state index contributed by atoms with van der Waals surface area (Å²) in [6, 6.07) is 16.7. The smallest absolute Gasteiger partial charge is 0.248 e. The first-order chi connectivity index (χ1) is 23.2. The van der Waals surface area contributed by atoms with Crippen molar-refractivity contribution in [2.75, 3.05) is 53.1 Å². The van der Waals surface area contributed by atoms with Crippen molar-refractivity contribution in [3.63, 3.8) is 0 Å². The van der Waals surface area contributed by atoms with Gasteiger partial charge in [0.1, 0.15) is 5.82 Å². The van der Waals surface area contributed by atoms with Crippen molar-refractivity contribution in [3.8, 4) is 11.3 Å². The number of guanidine groups is 2. The molecule has 0 unspecified atom stereocenters. The van der Waals surface area contributed by atoms with Gasteiger partial charge in [0.15, 0.2) is 0 Å². The fourth-order valence-electron chi connectivity index (χ4n) is 6.10. The largest absolute Gasteiger partial charge is 0.342 e. The van der Waals surface area contributed by atoms with E-state index in [1.165, 1.54) is 0 Å². The van der Waals surface area contributed by atoms with Gasteiger partial charge in [-0.2, -0.15) is 4.99 Å². The van der Waals surface area contributed by atoms with E-state index in [0.717, 1.165) is 76.6 Å². The number of rotatable bonds is 10. The van der Waals surface area contributed by atoms with Crippen molar-refractivity contribution >= 4 is 34.3 Å². The fourth-order valence-corrected chi connectivity index (χ4v) is 6.10. The molecular formula is C38H49N9O. The summed E-state index contributed by atoms with van der Waals surface area (Å²) in [7, 11) is 7.97. The highest BCUT2D eigenvalue weighted by Gasteiger charge is 2.28. The molecule has 0 bridgehead atoms. The molecule has 0 atom stereocenters. The number of anilines is 1. The number of nitrogens with one attached hydrogen (secondary N) is 3. The molecular weight excluding hydrogens is 598 g/mol. The molecule has 5 rings (SSSR count). The number of carbonyl (C=O) groups excluding carboxylic acids is 1. The number of aromatic nitrogens is 1. The second kappa shape index (κ2) is 15.9. The van der Waals surface area contributed by atoms with Crippen LogP contribution in [0.5, 0.6) is 0 Å². The van der Waals surface area contributed by atoms with Gasteiger partial charge in [-0.3, -0.25) is 14.7 Å². The van der Waals surface area contributed by atoms with Crippen LogP contribution in [0, 0.1) is 5.92 Å². The van der Waals surface area contributed by atoms with E-state index in [4.69, 9.17) is 15.0 Å². The molecule has 10 heteroatoms. The molecule has 2 aliphatic heterocycles. The highest BCUT2D eigenvalue weighted by atomic mass is 16.1. The fraction of sp³-hybridized carbons (Fsp3) is 0.368. The molecule has 0 spiro atoms. The predicted molar refractivity (Wildman–Crippen MR) is 199 cm³/mol. The number of carbonyl (C=O) groups is 1. The molecule has 252 valence electrons. The Kier molecular flexibility index (Phi) is 11.4. The number of hydrogen-bond acceptors (Lipinski definition) is 7. The van der Waals surface area contributed by atoms with E-state index in [1.54, 1.807) is 6.08 Å². The minimum atomic E-state index is -0.155. The Labute approximate surface area is 285 Å². The average molecular weight is 648 g/mol. The highest BCUT2D eigenvalue weighted by Crippen LogP contribution is 2.31. The maximum absolute atomic E-state index is 12.5. The molecule has 1 fully saturated rings. The number of allylic oxidation sites excluding steroid dienone is 2. The van der Waals surface area contributed by atoms with Crippen molar-refractivity contribution in [2.45, 2.75) is 39.3 Å². The second-order valence-corrected chi connectivity index (χ2v) is 12.9. The highest BCUT2D eigenvalue weighted by molar-refractivity contribution is 6.03. The van der Waals surface area contributed by atoms with Crippen LogP contribution in [0.2, 0.25) is 0 Å². The van der Waals surface area contributed by atoms with Gasteiger partial charge in [-0.05, 0) is 74.6 Å². The lowest BCUT2D eigenvalue weighted by molar-refractivity contribution is -0.111.